The molecule has 1 aliphatic carbocycles. The van der Waals surface area contributed by atoms with Gasteiger partial charge in [-0.2, -0.15) is 5.10 Å². The number of ether oxygens (including phenoxy) is 1. The fourth-order valence-corrected chi connectivity index (χ4v) is 6.33. The van der Waals surface area contributed by atoms with E-state index < -0.39 is 5.69 Å². The number of rotatable bonds is 11. The van der Waals surface area contributed by atoms with Gasteiger partial charge in [0.1, 0.15) is 10.6 Å². The second kappa shape index (κ2) is 10.7. The molecular formula is C26H31FN6O3S2. The third-order valence-electron chi connectivity index (χ3n) is 6.76. The van der Waals surface area contributed by atoms with Crippen LogP contribution in [-0.4, -0.2) is 51.8 Å². The van der Waals surface area contributed by atoms with Crippen LogP contribution < -0.4 is 20.9 Å². The van der Waals surface area contributed by atoms with Gasteiger partial charge in [-0.15, -0.1) is 11.3 Å². The molecule has 0 atom stereocenters. The highest BCUT2D eigenvalue weighted by Gasteiger charge is 2.37. The van der Waals surface area contributed by atoms with Gasteiger partial charge in [0.25, 0.3) is 5.56 Å². The molecule has 1 fully saturated rings. The Balaban J connectivity index is 1.54. The number of fused-ring (bicyclic) bond motifs is 1. The number of likely N-dealkylation sites (N-methyl/N-ethyl adjacent to an activating group) is 1. The van der Waals surface area contributed by atoms with Gasteiger partial charge in [0.15, 0.2) is 0 Å². The van der Waals surface area contributed by atoms with E-state index in [0.717, 1.165) is 22.6 Å². The van der Waals surface area contributed by atoms with Crippen molar-refractivity contribution in [3.05, 3.63) is 74.4 Å². The molecule has 1 N–H and O–H groups in total. The minimum absolute atomic E-state index is 0.105. The van der Waals surface area contributed by atoms with Crippen LogP contribution in [0.4, 0.5) is 10.1 Å². The summed E-state index contributed by atoms with van der Waals surface area (Å²) in [6.07, 6.45) is 5.64. The Kier molecular flexibility index (Phi) is 7.49. The number of halogens is 1. The van der Waals surface area contributed by atoms with Crippen LogP contribution in [0.5, 0.6) is 0 Å². The van der Waals surface area contributed by atoms with Gasteiger partial charge in [-0.25, -0.2) is 9.18 Å². The van der Waals surface area contributed by atoms with Crippen molar-refractivity contribution in [1.29, 1.82) is 0 Å². The lowest BCUT2D eigenvalue weighted by molar-refractivity contribution is 0.206. The van der Waals surface area contributed by atoms with E-state index in [2.05, 4.69) is 16.7 Å². The Morgan fingerprint density at radius 1 is 1.21 bits per heavy atom. The Labute approximate surface area is 228 Å². The van der Waals surface area contributed by atoms with Gasteiger partial charge in [0.2, 0.25) is 0 Å². The second-order valence-electron chi connectivity index (χ2n) is 10.0. The van der Waals surface area contributed by atoms with E-state index in [4.69, 9.17) is 4.74 Å². The molecule has 1 aromatic carbocycles. The van der Waals surface area contributed by atoms with Crippen molar-refractivity contribution >= 4 is 39.2 Å². The van der Waals surface area contributed by atoms with Gasteiger partial charge < -0.3 is 9.64 Å². The molecule has 0 unspecified atom stereocenters. The third kappa shape index (κ3) is 5.58. The van der Waals surface area contributed by atoms with Crippen LogP contribution in [0.25, 0.3) is 10.2 Å². The van der Waals surface area contributed by atoms with Crippen LogP contribution >= 0.6 is 23.3 Å². The van der Waals surface area contributed by atoms with Gasteiger partial charge in [-0.05, 0) is 55.5 Å². The summed E-state index contributed by atoms with van der Waals surface area (Å²) in [5, 5.41) is 4.63. The first-order chi connectivity index (χ1) is 18.2. The molecule has 0 bridgehead atoms. The van der Waals surface area contributed by atoms with Crippen molar-refractivity contribution in [1.82, 2.24) is 23.6 Å². The molecule has 1 saturated carbocycles. The molecule has 202 valence electrons. The zero-order valence-corrected chi connectivity index (χ0v) is 23.5. The number of aromatic nitrogens is 4. The standard InChI is InChI=1S/C26H31FN6O3S2/c1-26(7-8-26)29-38-22-12-19-23(34)32(16-18-13-28-31(3)14-18)25(35)33(24(19)37-22)15-17-5-6-21(20(27)11-17)30(2)9-10-36-4/h5-6,11-14,29H,7-10,15-16H2,1-4H3. The van der Waals surface area contributed by atoms with Gasteiger partial charge in [-0.3, -0.25) is 23.3 Å². The van der Waals surface area contributed by atoms with Gasteiger partial charge in [0, 0.05) is 45.0 Å². The van der Waals surface area contributed by atoms with E-state index in [0.29, 0.717) is 34.6 Å². The summed E-state index contributed by atoms with van der Waals surface area (Å²) >= 11 is 2.89. The van der Waals surface area contributed by atoms with Crippen molar-refractivity contribution < 1.29 is 9.13 Å². The third-order valence-corrected chi connectivity index (χ3v) is 9.13. The average molecular weight is 559 g/mol. The summed E-state index contributed by atoms with van der Waals surface area (Å²) in [7, 11) is 5.20. The predicted octanol–water partition coefficient (Wildman–Crippen LogP) is 3.43. The zero-order valence-electron chi connectivity index (χ0n) is 21.9. The monoisotopic (exact) mass is 558 g/mol. The lowest BCUT2D eigenvalue weighted by Crippen LogP contribution is -2.40. The molecule has 5 rings (SSSR count). The van der Waals surface area contributed by atoms with Crippen LogP contribution in [0.3, 0.4) is 0 Å². The number of nitrogens with zero attached hydrogens (tertiary/aromatic N) is 5. The van der Waals surface area contributed by atoms with Crippen molar-refractivity contribution in [3.63, 3.8) is 0 Å². The minimum atomic E-state index is -0.437. The highest BCUT2D eigenvalue weighted by atomic mass is 32.2. The number of hydrogen-bond acceptors (Lipinski definition) is 8. The van der Waals surface area contributed by atoms with Crippen molar-refractivity contribution in [2.45, 2.75) is 42.6 Å². The Hall–Kier alpha value is -2.93. The fraction of sp³-hybridized carbons (Fsp3) is 0.423. The maximum Gasteiger partial charge on any atom is 0.332 e. The molecule has 38 heavy (non-hydrogen) atoms. The summed E-state index contributed by atoms with van der Waals surface area (Å²) in [4.78, 5) is 29.5. The van der Waals surface area contributed by atoms with E-state index in [1.54, 1.807) is 53.8 Å². The molecule has 0 saturated heterocycles. The van der Waals surface area contributed by atoms with E-state index in [9.17, 15) is 9.59 Å². The topological polar surface area (TPSA) is 86.3 Å². The highest BCUT2D eigenvalue weighted by Crippen LogP contribution is 2.39. The van der Waals surface area contributed by atoms with Gasteiger partial charge >= 0.3 is 5.69 Å². The molecule has 0 radical (unpaired) electrons. The smallest absolute Gasteiger partial charge is 0.332 e. The molecule has 4 aromatic rings. The zero-order chi connectivity index (χ0) is 27.0. The Bertz CT molecular complexity index is 1590. The predicted molar refractivity (Wildman–Crippen MR) is 150 cm³/mol. The molecular weight excluding hydrogens is 527 g/mol. The summed E-state index contributed by atoms with van der Waals surface area (Å²) < 4.78 is 29.0. The molecule has 3 heterocycles. The number of anilines is 1. The number of aryl methyl sites for hydroxylation is 1. The van der Waals surface area contributed by atoms with Crippen molar-refractivity contribution in [2.75, 3.05) is 32.2 Å². The van der Waals surface area contributed by atoms with Crippen LogP contribution in [0.2, 0.25) is 0 Å². The van der Waals surface area contributed by atoms with E-state index >= 15 is 4.39 Å². The normalized spacial score (nSPS) is 14.3. The average Bonchev–Trinajstić information content (AvgIpc) is 3.26. The van der Waals surface area contributed by atoms with Crippen molar-refractivity contribution in [3.8, 4) is 0 Å². The van der Waals surface area contributed by atoms with E-state index in [1.165, 1.54) is 33.9 Å². The van der Waals surface area contributed by atoms with Gasteiger partial charge in [0.05, 0.1) is 41.2 Å². The summed E-state index contributed by atoms with van der Waals surface area (Å²) in [5.74, 6) is -0.377. The number of thiophene rings is 1. The van der Waals surface area contributed by atoms with Crippen LogP contribution in [0.1, 0.15) is 30.9 Å². The maximum atomic E-state index is 15.1. The van der Waals surface area contributed by atoms with Crippen LogP contribution in [0, 0.1) is 5.82 Å². The molecule has 9 nitrogen and oxygen atoms in total. The maximum absolute atomic E-state index is 15.1. The molecule has 0 aliphatic heterocycles. The minimum Gasteiger partial charge on any atom is -0.383 e. The van der Waals surface area contributed by atoms with Crippen LogP contribution in [0.15, 0.2) is 50.5 Å². The lowest BCUT2D eigenvalue weighted by Gasteiger charge is -2.20. The highest BCUT2D eigenvalue weighted by molar-refractivity contribution is 7.99. The van der Waals surface area contributed by atoms with Crippen LogP contribution in [-0.2, 0) is 24.9 Å². The molecule has 0 spiro atoms. The molecule has 3 aromatic heterocycles. The lowest BCUT2D eigenvalue weighted by atomic mass is 10.2. The Morgan fingerprint density at radius 2 is 1.97 bits per heavy atom. The first-order valence-corrected chi connectivity index (χ1v) is 14.0. The van der Waals surface area contributed by atoms with E-state index in [1.807, 2.05) is 12.1 Å². The first kappa shape index (κ1) is 26.7. The van der Waals surface area contributed by atoms with Crippen molar-refractivity contribution in [2.24, 2.45) is 7.05 Å². The number of methoxy groups -OCH3 is 1. The SMILES string of the molecule is COCCN(C)c1ccc(Cn2c(=O)n(Cc3cnn(C)c3)c(=O)c3cc(SNC4(C)CC4)sc32)cc1F. The molecule has 12 heteroatoms. The quantitative estimate of drug-likeness (QED) is 0.282. The fourth-order valence-electron chi connectivity index (χ4n) is 4.20. The van der Waals surface area contributed by atoms with E-state index in [-0.39, 0.29) is 30.0 Å². The largest absolute Gasteiger partial charge is 0.383 e. The molecule has 0 amide bonds. The molecule has 1 aliphatic rings. The number of nitrogens with one attached hydrogen (secondary N) is 1. The Morgan fingerprint density at radius 3 is 2.63 bits per heavy atom. The first-order valence-electron chi connectivity index (χ1n) is 12.3. The summed E-state index contributed by atoms with van der Waals surface area (Å²) in [6, 6.07) is 6.82. The number of hydrogen-bond donors (Lipinski definition) is 1. The summed E-state index contributed by atoms with van der Waals surface area (Å²) in [6.45, 7) is 3.44. The van der Waals surface area contributed by atoms with Gasteiger partial charge in [-0.1, -0.05) is 6.07 Å². The number of benzene rings is 1. The second-order valence-corrected chi connectivity index (χ2v) is 12.2. The summed E-state index contributed by atoms with van der Waals surface area (Å²) in [5.41, 5.74) is 1.17.